The number of rotatable bonds is 3. The third-order valence-electron chi connectivity index (χ3n) is 9.93. The third-order valence-corrected chi connectivity index (χ3v) is 9.93. The average Bonchev–Trinajstić information content (AvgIpc) is 3.33. The van der Waals surface area contributed by atoms with E-state index in [-0.39, 0.29) is 5.41 Å². The second-order valence-corrected chi connectivity index (χ2v) is 12.8. The van der Waals surface area contributed by atoms with Crippen molar-refractivity contribution in [2.45, 2.75) is 19.3 Å². The summed E-state index contributed by atoms with van der Waals surface area (Å²) < 4.78 is 0. The van der Waals surface area contributed by atoms with Crippen molar-refractivity contribution in [2.24, 2.45) is 0 Å². The maximum absolute atomic E-state index is 4.54. The standard InChI is InChI=1S/C44H31N/c1-44(2)39-18-8-7-16-36(39)43-37(17-9-19-40(43)44)42-34-15-6-5-14-33(34)41(32-13-10-24-45-27-32)35-23-22-31(26-38(35)42)30-21-20-28-11-3-4-12-29(28)25-30/h3-27H,1-2H3. The van der Waals surface area contributed by atoms with E-state index in [0.717, 1.165) is 5.56 Å². The molecule has 0 fully saturated rings. The lowest BCUT2D eigenvalue weighted by Gasteiger charge is -2.23. The fraction of sp³-hybridized carbons (Fsp3) is 0.0682. The minimum Gasteiger partial charge on any atom is -0.264 e. The molecule has 8 aromatic rings. The van der Waals surface area contributed by atoms with E-state index in [2.05, 4.69) is 152 Å². The fourth-order valence-corrected chi connectivity index (χ4v) is 7.80. The van der Waals surface area contributed by atoms with Crippen molar-refractivity contribution in [1.29, 1.82) is 0 Å². The minimum atomic E-state index is -0.0700. The predicted molar refractivity (Wildman–Crippen MR) is 191 cm³/mol. The van der Waals surface area contributed by atoms with E-state index >= 15 is 0 Å². The zero-order valence-corrected chi connectivity index (χ0v) is 25.4. The van der Waals surface area contributed by atoms with Gasteiger partial charge in [0.25, 0.3) is 0 Å². The van der Waals surface area contributed by atoms with Gasteiger partial charge in [-0.25, -0.2) is 0 Å². The molecule has 0 amide bonds. The van der Waals surface area contributed by atoms with E-state index in [0.29, 0.717) is 0 Å². The van der Waals surface area contributed by atoms with Crippen LogP contribution in [0.25, 0.3) is 76.8 Å². The van der Waals surface area contributed by atoms with E-state index in [4.69, 9.17) is 0 Å². The van der Waals surface area contributed by atoms with Gasteiger partial charge in [0, 0.05) is 23.4 Å². The van der Waals surface area contributed by atoms with Gasteiger partial charge in [0.15, 0.2) is 0 Å². The van der Waals surface area contributed by atoms with Gasteiger partial charge >= 0.3 is 0 Å². The number of hydrogen-bond donors (Lipinski definition) is 0. The van der Waals surface area contributed by atoms with Crippen LogP contribution in [0.2, 0.25) is 0 Å². The van der Waals surface area contributed by atoms with Crippen LogP contribution in [0, 0.1) is 0 Å². The topological polar surface area (TPSA) is 12.9 Å². The minimum absolute atomic E-state index is 0.0700. The Morgan fingerprint density at radius 1 is 0.422 bits per heavy atom. The van der Waals surface area contributed by atoms with Gasteiger partial charge in [-0.15, -0.1) is 0 Å². The summed E-state index contributed by atoms with van der Waals surface area (Å²) in [6.45, 7) is 4.72. The zero-order chi connectivity index (χ0) is 30.1. The summed E-state index contributed by atoms with van der Waals surface area (Å²) in [7, 11) is 0. The number of pyridine rings is 1. The Bertz CT molecular complexity index is 2450. The molecule has 0 saturated heterocycles. The van der Waals surface area contributed by atoms with Crippen LogP contribution in [0.1, 0.15) is 25.0 Å². The van der Waals surface area contributed by atoms with Crippen molar-refractivity contribution in [3.05, 3.63) is 163 Å². The van der Waals surface area contributed by atoms with Crippen LogP contribution in [-0.2, 0) is 5.41 Å². The molecule has 1 aromatic heterocycles. The van der Waals surface area contributed by atoms with Crippen LogP contribution < -0.4 is 0 Å². The molecule has 212 valence electrons. The smallest absolute Gasteiger partial charge is 0.0346 e. The van der Waals surface area contributed by atoms with Gasteiger partial charge in [0.2, 0.25) is 0 Å². The molecule has 0 spiro atoms. The van der Waals surface area contributed by atoms with Crippen molar-refractivity contribution >= 4 is 32.3 Å². The lowest BCUT2D eigenvalue weighted by atomic mass is 9.80. The molecule has 1 aliphatic rings. The summed E-state index contributed by atoms with van der Waals surface area (Å²) in [6.07, 6.45) is 3.85. The van der Waals surface area contributed by atoms with Gasteiger partial charge < -0.3 is 0 Å². The van der Waals surface area contributed by atoms with E-state index in [1.165, 1.54) is 82.4 Å². The molecule has 0 unspecified atom stereocenters. The molecule has 45 heavy (non-hydrogen) atoms. The molecular formula is C44H31N. The summed E-state index contributed by atoms with van der Waals surface area (Å²) in [5.74, 6) is 0. The van der Waals surface area contributed by atoms with Gasteiger partial charge in [0.05, 0.1) is 0 Å². The maximum Gasteiger partial charge on any atom is 0.0346 e. The van der Waals surface area contributed by atoms with E-state index < -0.39 is 0 Å². The Hall–Kier alpha value is -5.53. The van der Waals surface area contributed by atoms with Gasteiger partial charge in [-0.05, 0) is 101 Å². The number of nitrogens with zero attached hydrogens (tertiary/aromatic N) is 1. The lowest BCUT2D eigenvalue weighted by molar-refractivity contribution is 0.660. The molecule has 0 atom stereocenters. The quantitative estimate of drug-likeness (QED) is 0.192. The van der Waals surface area contributed by atoms with Crippen molar-refractivity contribution < 1.29 is 0 Å². The second-order valence-electron chi connectivity index (χ2n) is 12.8. The summed E-state index contributed by atoms with van der Waals surface area (Å²) in [6, 6.07) is 51.5. The number of benzene rings is 7. The first kappa shape index (κ1) is 25.9. The first-order valence-electron chi connectivity index (χ1n) is 15.7. The van der Waals surface area contributed by atoms with Crippen LogP contribution in [0.15, 0.2) is 152 Å². The van der Waals surface area contributed by atoms with Crippen molar-refractivity contribution in [3.63, 3.8) is 0 Å². The van der Waals surface area contributed by atoms with Crippen LogP contribution in [0.3, 0.4) is 0 Å². The van der Waals surface area contributed by atoms with E-state index in [1.54, 1.807) is 0 Å². The normalized spacial score (nSPS) is 13.3. The molecule has 1 aliphatic carbocycles. The van der Waals surface area contributed by atoms with E-state index in [9.17, 15) is 0 Å². The van der Waals surface area contributed by atoms with E-state index in [1.807, 2.05) is 18.5 Å². The summed E-state index contributed by atoms with van der Waals surface area (Å²) in [5, 5.41) is 7.51. The van der Waals surface area contributed by atoms with Gasteiger partial charge in [0.1, 0.15) is 0 Å². The number of hydrogen-bond acceptors (Lipinski definition) is 1. The molecule has 1 nitrogen and oxygen atoms in total. The summed E-state index contributed by atoms with van der Waals surface area (Å²) >= 11 is 0. The summed E-state index contributed by atoms with van der Waals surface area (Å²) in [5.41, 5.74) is 12.8. The Morgan fingerprint density at radius 2 is 1.09 bits per heavy atom. The van der Waals surface area contributed by atoms with Crippen molar-refractivity contribution in [2.75, 3.05) is 0 Å². The SMILES string of the molecule is CC1(C)c2ccccc2-c2c(-c3c4ccccc4c(-c4cccnc4)c4ccc(-c5ccc6ccccc6c5)cc34)cccc21. The highest BCUT2D eigenvalue weighted by atomic mass is 14.6. The lowest BCUT2D eigenvalue weighted by Crippen LogP contribution is -2.14. The average molecular weight is 574 g/mol. The summed E-state index contributed by atoms with van der Waals surface area (Å²) in [4.78, 5) is 4.54. The highest BCUT2D eigenvalue weighted by molar-refractivity contribution is 6.23. The van der Waals surface area contributed by atoms with Gasteiger partial charge in [-0.3, -0.25) is 4.98 Å². The first-order valence-corrected chi connectivity index (χ1v) is 15.7. The molecule has 0 N–H and O–H groups in total. The Morgan fingerprint density at radius 3 is 1.93 bits per heavy atom. The third kappa shape index (κ3) is 3.84. The highest BCUT2D eigenvalue weighted by Gasteiger charge is 2.37. The van der Waals surface area contributed by atoms with Crippen LogP contribution in [0.4, 0.5) is 0 Å². The second kappa shape index (κ2) is 9.74. The fourth-order valence-electron chi connectivity index (χ4n) is 7.80. The molecule has 0 radical (unpaired) electrons. The molecule has 9 rings (SSSR count). The van der Waals surface area contributed by atoms with Gasteiger partial charge in [-0.2, -0.15) is 0 Å². The predicted octanol–water partition coefficient (Wildman–Crippen LogP) is 11.8. The molecule has 0 aliphatic heterocycles. The maximum atomic E-state index is 4.54. The zero-order valence-electron chi connectivity index (χ0n) is 25.4. The Labute approximate surface area is 263 Å². The van der Waals surface area contributed by atoms with Crippen LogP contribution in [0.5, 0.6) is 0 Å². The molecule has 1 heterocycles. The molecule has 0 saturated carbocycles. The van der Waals surface area contributed by atoms with Crippen molar-refractivity contribution in [3.8, 4) is 44.5 Å². The first-order chi connectivity index (χ1) is 22.1. The molecule has 1 heteroatoms. The van der Waals surface area contributed by atoms with Crippen molar-refractivity contribution in [1.82, 2.24) is 4.98 Å². The Kier molecular flexibility index (Phi) is 5.61. The molecule has 0 bridgehead atoms. The van der Waals surface area contributed by atoms with Gasteiger partial charge in [-0.1, -0.05) is 135 Å². The number of fused-ring (bicyclic) bond motifs is 6. The largest absolute Gasteiger partial charge is 0.264 e. The highest BCUT2D eigenvalue weighted by Crippen LogP contribution is 2.54. The number of aromatic nitrogens is 1. The van der Waals surface area contributed by atoms with Crippen LogP contribution >= 0.6 is 0 Å². The molecular weight excluding hydrogens is 542 g/mol. The Balaban J connectivity index is 1.43. The monoisotopic (exact) mass is 573 g/mol. The van der Waals surface area contributed by atoms with Crippen LogP contribution in [-0.4, -0.2) is 4.98 Å². The molecule has 7 aromatic carbocycles.